The molecule has 0 saturated carbocycles. The summed E-state index contributed by atoms with van der Waals surface area (Å²) in [5.74, 6) is -2.72. The number of nitrogens with zero attached hydrogens (tertiary/aromatic N) is 2. The van der Waals surface area contributed by atoms with Gasteiger partial charge in [-0.05, 0) is 41.3 Å². The lowest BCUT2D eigenvalue weighted by atomic mass is 9.75. The van der Waals surface area contributed by atoms with Crippen molar-refractivity contribution in [3.8, 4) is 0 Å². The van der Waals surface area contributed by atoms with Crippen molar-refractivity contribution in [1.29, 1.82) is 0 Å². The van der Waals surface area contributed by atoms with E-state index < -0.39 is 54.0 Å². The fourth-order valence-corrected chi connectivity index (χ4v) is 5.61. The lowest BCUT2D eigenvalue weighted by Crippen LogP contribution is -2.46. The number of carbonyl (C=O) groups is 1. The zero-order chi connectivity index (χ0) is 36.0. The van der Waals surface area contributed by atoms with Crippen molar-refractivity contribution in [2.45, 2.75) is 50.1 Å². The van der Waals surface area contributed by atoms with Crippen LogP contribution in [0.2, 0.25) is 0 Å². The number of piperidine rings is 1. The molecule has 0 unspecified atom stereocenters. The molecule has 4 aromatic rings. The molecule has 17 heteroatoms. The van der Waals surface area contributed by atoms with Gasteiger partial charge in [-0.1, -0.05) is 60.7 Å². The number of benzene rings is 3. The molecular formula is C32H29F9N4O4. The zero-order valence-electron chi connectivity index (χ0n) is 25.2. The quantitative estimate of drug-likeness (QED) is 0.170. The van der Waals surface area contributed by atoms with Crippen molar-refractivity contribution >= 4 is 5.97 Å². The van der Waals surface area contributed by atoms with Gasteiger partial charge in [0.05, 0.1) is 30.4 Å². The molecule has 1 saturated heterocycles. The lowest BCUT2D eigenvalue weighted by Gasteiger charge is -2.42. The first-order valence-electron chi connectivity index (χ1n) is 14.6. The van der Waals surface area contributed by atoms with E-state index in [0.717, 1.165) is 11.1 Å². The normalized spacial score (nSPS) is 17.4. The molecule has 3 N–H and O–H groups in total. The van der Waals surface area contributed by atoms with Crippen molar-refractivity contribution < 1.29 is 54.2 Å². The highest BCUT2D eigenvalue weighted by molar-refractivity contribution is 5.73. The van der Waals surface area contributed by atoms with E-state index in [-0.39, 0.29) is 23.5 Å². The third-order valence-electron chi connectivity index (χ3n) is 7.70. The van der Waals surface area contributed by atoms with Crippen LogP contribution in [0.3, 0.4) is 0 Å². The first kappa shape index (κ1) is 37.2. The number of nitrogens with one attached hydrogen (secondary N) is 2. The highest BCUT2D eigenvalue weighted by Gasteiger charge is 2.40. The highest BCUT2D eigenvalue weighted by Crippen LogP contribution is 2.40. The Morgan fingerprint density at radius 1 is 0.878 bits per heavy atom. The van der Waals surface area contributed by atoms with E-state index in [0.29, 0.717) is 44.0 Å². The molecule has 8 nitrogen and oxygen atoms in total. The van der Waals surface area contributed by atoms with Crippen LogP contribution in [0.4, 0.5) is 39.5 Å². The number of halogens is 9. The van der Waals surface area contributed by atoms with Crippen molar-refractivity contribution in [2.75, 3.05) is 13.1 Å². The molecule has 0 spiro atoms. The maximum Gasteiger partial charge on any atom is 0.490 e. The standard InChI is InChI=1S/C30H28F6N4O2.C2HF3O2/c31-29(32,33)22-13-19(14-23(15-22)30(34,35)36)18-42-25-11-12-40(17-26-37-28(41)39-38-26)16-24(25)27(20-7-3-1-4-8-20)21-9-5-2-6-10-21;3-2(4,5)1(6)7/h1-10,13-15,24-25,27H,11-12,16-18H2,(H2,37,38,39,41);(H,6,7)/t24-,25+;/m1./s1. The summed E-state index contributed by atoms with van der Waals surface area (Å²) in [4.78, 5) is 25.2. The zero-order valence-corrected chi connectivity index (χ0v) is 25.2. The van der Waals surface area contributed by atoms with Crippen LogP contribution in [0.25, 0.3) is 0 Å². The Balaban J connectivity index is 0.000000698. The highest BCUT2D eigenvalue weighted by atomic mass is 19.4. The fraction of sp³-hybridized carbons (Fsp3) is 0.344. The van der Waals surface area contributed by atoms with Crippen LogP contribution in [0.15, 0.2) is 83.7 Å². The minimum atomic E-state index is -5.08. The van der Waals surface area contributed by atoms with Gasteiger partial charge in [0, 0.05) is 24.9 Å². The van der Waals surface area contributed by atoms with Gasteiger partial charge < -0.3 is 9.84 Å². The molecule has 1 fully saturated rings. The molecule has 0 radical (unpaired) electrons. The van der Waals surface area contributed by atoms with Crippen molar-refractivity contribution in [1.82, 2.24) is 20.1 Å². The Morgan fingerprint density at radius 2 is 1.39 bits per heavy atom. The van der Waals surface area contributed by atoms with E-state index in [1.807, 2.05) is 60.7 Å². The van der Waals surface area contributed by atoms with Gasteiger partial charge in [0.2, 0.25) is 0 Å². The number of alkyl halides is 9. The minimum absolute atomic E-state index is 0.116. The number of aromatic nitrogens is 3. The average molecular weight is 705 g/mol. The number of hydrogen-bond acceptors (Lipinski definition) is 5. The molecule has 0 aliphatic carbocycles. The second kappa shape index (κ2) is 15.3. The molecule has 3 aromatic carbocycles. The first-order valence-corrected chi connectivity index (χ1v) is 14.6. The summed E-state index contributed by atoms with van der Waals surface area (Å²) in [6.07, 6.45) is -15.0. The number of aliphatic carboxylic acids is 1. The van der Waals surface area contributed by atoms with Crippen molar-refractivity contribution in [3.05, 3.63) is 123 Å². The van der Waals surface area contributed by atoms with E-state index >= 15 is 0 Å². The average Bonchev–Trinajstić information content (AvgIpc) is 3.45. The predicted octanol–water partition coefficient (Wildman–Crippen LogP) is 7.01. The van der Waals surface area contributed by atoms with E-state index in [1.165, 1.54) is 0 Å². The van der Waals surface area contributed by atoms with Gasteiger partial charge >= 0.3 is 30.2 Å². The van der Waals surface area contributed by atoms with E-state index in [2.05, 4.69) is 20.1 Å². The topological polar surface area (TPSA) is 111 Å². The number of H-pyrrole nitrogens is 2. The molecule has 1 aliphatic rings. The lowest BCUT2D eigenvalue weighted by molar-refractivity contribution is -0.192. The van der Waals surface area contributed by atoms with E-state index in [9.17, 15) is 44.3 Å². The SMILES string of the molecule is O=C(O)C(F)(F)F.O=c1[nH]nc(CN2CC[C@H](OCc3cc(C(F)(F)F)cc(C(F)(F)F)c3)[C@H](C(c3ccccc3)c3ccccc3)C2)[nH]1. The Bertz CT molecular complexity index is 1650. The molecule has 0 amide bonds. The molecule has 2 heterocycles. The van der Waals surface area contributed by atoms with Crippen LogP contribution in [-0.4, -0.2) is 56.5 Å². The minimum Gasteiger partial charge on any atom is -0.475 e. The molecule has 0 bridgehead atoms. The van der Waals surface area contributed by atoms with Gasteiger partial charge in [-0.25, -0.2) is 14.7 Å². The molecule has 49 heavy (non-hydrogen) atoms. The molecule has 5 rings (SSSR count). The third-order valence-corrected chi connectivity index (χ3v) is 7.70. The summed E-state index contributed by atoms with van der Waals surface area (Å²) in [6, 6.07) is 20.9. The van der Waals surface area contributed by atoms with Crippen molar-refractivity contribution in [3.63, 3.8) is 0 Å². The number of ether oxygens (including phenoxy) is 1. The van der Waals surface area contributed by atoms with Crippen LogP contribution in [0.1, 0.15) is 46.0 Å². The Labute approximate surface area is 272 Å². The van der Waals surface area contributed by atoms with Crippen LogP contribution in [-0.2, 0) is 35.0 Å². The smallest absolute Gasteiger partial charge is 0.475 e. The Morgan fingerprint density at radius 3 is 1.82 bits per heavy atom. The van der Waals surface area contributed by atoms with Gasteiger partial charge in [0.25, 0.3) is 0 Å². The van der Waals surface area contributed by atoms with Crippen LogP contribution < -0.4 is 5.69 Å². The summed E-state index contributed by atoms with van der Waals surface area (Å²) in [5.41, 5.74) is -1.39. The first-order chi connectivity index (χ1) is 22.9. The summed E-state index contributed by atoms with van der Waals surface area (Å²) in [6.45, 7) is 0.922. The Hall–Kier alpha value is -4.64. The monoisotopic (exact) mass is 704 g/mol. The summed E-state index contributed by atoms with van der Waals surface area (Å²) in [7, 11) is 0. The molecule has 264 valence electrons. The summed E-state index contributed by atoms with van der Waals surface area (Å²) >= 11 is 0. The molecule has 1 aliphatic heterocycles. The predicted molar refractivity (Wildman–Crippen MR) is 156 cm³/mol. The number of carboxylic acid groups (broad SMARTS) is 1. The molecular weight excluding hydrogens is 675 g/mol. The maximum atomic E-state index is 13.5. The van der Waals surface area contributed by atoms with Gasteiger partial charge in [0.15, 0.2) is 0 Å². The number of aromatic amines is 2. The number of rotatable bonds is 8. The fourth-order valence-electron chi connectivity index (χ4n) is 5.61. The molecule has 2 atom stereocenters. The largest absolute Gasteiger partial charge is 0.490 e. The molecule has 1 aromatic heterocycles. The van der Waals surface area contributed by atoms with Crippen LogP contribution in [0.5, 0.6) is 0 Å². The summed E-state index contributed by atoms with van der Waals surface area (Å²) in [5, 5.41) is 13.5. The van der Waals surface area contributed by atoms with Gasteiger partial charge in [-0.15, -0.1) is 0 Å². The number of carboxylic acids is 1. The Kier molecular flexibility index (Phi) is 11.6. The maximum absolute atomic E-state index is 13.5. The third kappa shape index (κ3) is 10.4. The van der Waals surface area contributed by atoms with Crippen LogP contribution in [0, 0.1) is 5.92 Å². The van der Waals surface area contributed by atoms with Crippen molar-refractivity contribution in [2.24, 2.45) is 5.92 Å². The van der Waals surface area contributed by atoms with Gasteiger partial charge in [-0.2, -0.15) is 44.6 Å². The second-order valence-electron chi connectivity index (χ2n) is 11.2. The second-order valence-corrected chi connectivity index (χ2v) is 11.2. The van der Waals surface area contributed by atoms with Gasteiger partial charge in [0.1, 0.15) is 5.82 Å². The van der Waals surface area contributed by atoms with E-state index in [1.54, 1.807) is 0 Å². The van der Waals surface area contributed by atoms with E-state index in [4.69, 9.17) is 14.6 Å². The van der Waals surface area contributed by atoms with Crippen LogP contribution >= 0.6 is 0 Å². The summed E-state index contributed by atoms with van der Waals surface area (Å²) < 4.78 is 119. The van der Waals surface area contributed by atoms with Gasteiger partial charge in [-0.3, -0.25) is 9.88 Å². The number of hydrogen-bond donors (Lipinski definition) is 3. The number of likely N-dealkylation sites (tertiary alicyclic amines) is 1.